The average Bonchev–Trinajstić information content (AvgIpc) is 2.97. The van der Waals surface area contributed by atoms with Gasteiger partial charge in [0.25, 0.3) is 0 Å². The van der Waals surface area contributed by atoms with Gasteiger partial charge < -0.3 is 24.4 Å². The first-order valence-electron chi connectivity index (χ1n) is 8.53. The van der Waals surface area contributed by atoms with Crippen molar-refractivity contribution < 1.29 is 28.6 Å². The fourth-order valence-electron chi connectivity index (χ4n) is 2.78. The number of ether oxygens (including phenoxy) is 3. The lowest BCUT2D eigenvalue weighted by Gasteiger charge is -2.25. The molecule has 8 heteroatoms. The Morgan fingerprint density at radius 1 is 1.24 bits per heavy atom. The molecule has 2 unspecified atom stereocenters. The zero-order valence-corrected chi connectivity index (χ0v) is 15.8. The Balaban J connectivity index is 2.59. The Morgan fingerprint density at radius 2 is 1.92 bits per heavy atom. The summed E-state index contributed by atoms with van der Waals surface area (Å²) in [6.45, 7) is 6.38. The minimum Gasteiger partial charge on any atom is -0.467 e. The van der Waals surface area contributed by atoms with Gasteiger partial charge in [0.05, 0.1) is 19.8 Å². The zero-order valence-electron chi connectivity index (χ0n) is 15.8. The predicted molar refractivity (Wildman–Crippen MR) is 91.0 cm³/mol. The van der Waals surface area contributed by atoms with E-state index in [9.17, 15) is 14.4 Å². The molecule has 1 aliphatic rings. The molecule has 1 fully saturated rings. The van der Waals surface area contributed by atoms with Gasteiger partial charge in [-0.25, -0.2) is 9.59 Å². The first-order valence-corrected chi connectivity index (χ1v) is 8.53. The summed E-state index contributed by atoms with van der Waals surface area (Å²) in [6, 6.07) is -0.847. The van der Waals surface area contributed by atoms with Crippen LogP contribution in [0.5, 0.6) is 0 Å². The van der Waals surface area contributed by atoms with Crippen molar-refractivity contribution in [1.29, 1.82) is 0 Å². The molecule has 144 valence electrons. The third-order valence-corrected chi connectivity index (χ3v) is 3.88. The molecule has 1 saturated heterocycles. The van der Waals surface area contributed by atoms with E-state index in [2.05, 4.69) is 5.32 Å². The Bertz CT molecular complexity index is 474. The molecule has 1 N–H and O–H groups in total. The lowest BCUT2D eigenvalue weighted by Crippen LogP contribution is -2.45. The Labute approximate surface area is 149 Å². The number of amides is 2. The molecular formula is C17H30N2O6. The molecule has 0 aromatic carbocycles. The number of esters is 1. The molecule has 2 amide bonds. The maximum Gasteiger partial charge on any atom is 0.408 e. The Hall–Kier alpha value is -1.83. The molecule has 0 bridgehead atoms. The summed E-state index contributed by atoms with van der Waals surface area (Å²) in [6.07, 6.45) is 1.43. The van der Waals surface area contributed by atoms with E-state index in [1.165, 1.54) is 7.11 Å². The van der Waals surface area contributed by atoms with Gasteiger partial charge in [0.1, 0.15) is 11.6 Å². The Morgan fingerprint density at radius 3 is 2.48 bits per heavy atom. The molecule has 0 aliphatic carbocycles. The van der Waals surface area contributed by atoms with Crippen molar-refractivity contribution in [3.05, 3.63) is 0 Å². The molecule has 1 aliphatic heterocycles. The van der Waals surface area contributed by atoms with E-state index >= 15 is 0 Å². The summed E-state index contributed by atoms with van der Waals surface area (Å²) in [5.41, 5.74) is -0.677. The topological polar surface area (TPSA) is 94.2 Å². The third-order valence-electron chi connectivity index (χ3n) is 3.88. The highest BCUT2D eigenvalue weighted by molar-refractivity contribution is 5.83. The highest BCUT2D eigenvalue weighted by Crippen LogP contribution is 2.19. The van der Waals surface area contributed by atoms with E-state index in [0.29, 0.717) is 13.2 Å². The van der Waals surface area contributed by atoms with Gasteiger partial charge in [0.15, 0.2) is 0 Å². The van der Waals surface area contributed by atoms with E-state index in [1.807, 2.05) is 0 Å². The van der Waals surface area contributed by atoms with Crippen molar-refractivity contribution in [3.63, 3.8) is 0 Å². The van der Waals surface area contributed by atoms with Gasteiger partial charge in [0.2, 0.25) is 5.91 Å². The largest absolute Gasteiger partial charge is 0.467 e. The lowest BCUT2D eigenvalue weighted by molar-refractivity contribution is -0.143. The van der Waals surface area contributed by atoms with Crippen LogP contribution in [0, 0.1) is 0 Å². The maximum absolute atomic E-state index is 12.4. The average molecular weight is 358 g/mol. The number of carbonyl (C=O) groups is 3. The number of nitrogens with zero attached hydrogens (tertiary/aromatic N) is 1. The van der Waals surface area contributed by atoms with Gasteiger partial charge in [-0.05, 0) is 40.0 Å². The first-order chi connectivity index (χ1) is 11.7. The van der Waals surface area contributed by atoms with E-state index < -0.39 is 23.7 Å². The van der Waals surface area contributed by atoms with Crippen molar-refractivity contribution in [2.24, 2.45) is 0 Å². The summed E-state index contributed by atoms with van der Waals surface area (Å²) in [4.78, 5) is 38.0. The van der Waals surface area contributed by atoms with Gasteiger partial charge in [-0.2, -0.15) is 0 Å². The molecule has 0 saturated carbocycles. The molecule has 0 spiro atoms. The van der Waals surface area contributed by atoms with E-state index in [4.69, 9.17) is 14.2 Å². The standard InChI is InChI=1S/C17H30N2O6/c1-17(2,3)25-16(22)18-13(15(21)24-5)8-9-14(20)19-10-6-7-12(19)11-23-4/h12-13H,6-11H2,1-5H3,(H,18,22). The molecule has 8 nitrogen and oxygen atoms in total. The first kappa shape index (κ1) is 21.2. The van der Waals surface area contributed by atoms with Gasteiger partial charge >= 0.3 is 12.1 Å². The fourth-order valence-corrected chi connectivity index (χ4v) is 2.78. The monoisotopic (exact) mass is 358 g/mol. The summed E-state index contributed by atoms with van der Waals surface area (Å²) < 4.78 is 15.0. The van der Waals surface area contributed by atoms with Crippen LogP contribution in [0.2, 0.25) is 0 Å². The van der Waals surface area contributed by atoms with Crippen LogP contribution >= 0.6 is 0 Å². The van der Waals surface area contributed by atoms with Crippen LogP contribution < -0.4 is 5.32 Å². The quantitative estimate of drug-likeness (QED) is 0.693. The SMILES string of the molecule is COCC1CCCN1C(=O)CCC(NC(=O)OC(C)(C)C)C(=O)OC. The van der Waals surface area contributed by atoms with Gasteiger partial charge in [0, 0.05) is 20.1 Å². The fraction of sp³-hybridized carbons (Fsp3) is 0.824. The summed E-state index contributed by atoms with van der Waals surface area (Å²) in [5, 5.41) is 2.48. The molecule has 1 rings (SSSR count). The number of likely N-dealkylation sites (tertiary alicyclic amines) is 1. The van der Waals surface area contributed by atoms with Crippen LogP contribution in [0.1, 0.15) is 46.5 Å². The van der Waals surface area contributed by atoms with Crippen molar-refractivity contribution >= 4 is 18.0 Å². The normalized spacial score (nSPS) is 18.6. The number of hydrogen-bond acceptors (Lipinski definition) is 6. The van der Waals surface area contributed by atoms with Crippen molar-refractivity contribution in [2.75, 3.05) is 27.4 Å². The molecular weight excluding hydrogens is 328 g/mol. The number of nitrogens with one attached hydrogen (secondary N) is 1. The van der Waals surface area contributed by atoms with E-state index in [0.717, 1.165) is 12.8 Å². The second kappa shape index (κ2) is 9.60. The highest BCUT2D eigenvalue weighted by Gasteiger charge is 2.30. The number of carbonyl (C=O) groups excluding carboxylic acids is 3. The third kappa shape index (κ3) is 7.29. The Kier molecular flexibility index (Phi) is 8.15. The van der Waals surface area contributed by atoms with Crippen LogP contribution in [0.3, 0.4) is 0 Å². The van der Waals surface area contributed by atoms with Crippen molar-refractivity contribution in [2.45, 2.75) is 64.1 Å². The zero-order chi connectivity index (χ0) is 19.0. The summed E-state index contributed by atoms with van der Waals surface area (Å²) in [7, 11) is 2.85. The van der Waals surface area contributed by atoms with Crippen LogP contribution in [-0.2, 0) is 23.8 Å². The summed E-state index contributed by atoms with van der Waals surface area (Å²) in [5.74, 6) is -0.659. The lowest BCUT2D eigenvalue weighted by atomic mass is 10.1. The van der Waals surface area contributed by atoms with E-state index in [1.54, 1.807) is 32.8 Å². The van der Waals surface area contributed by atoms with Crippen LogP contribution in [0.4, 0.5) is 4.79 Å². The van der Waals surface area contributed by atoms with Gasteiger partial charge in [-0.15, -0.1) is 0 Å². The highest BCUT2D eigenvalue weighted by atomic mass is 16.6. The maximum atomic E-state index is 12.4. The second-order valence-electron chi connectivity index (χ2n) is 7.10. The minimum absolute atomic E-state index is 0.0561. The van der Waals surface area contributed by atoms with Gasteiger partial charge in [-0.1, -0.05) is 0 Å². The van der Waals surface area contributed by atoms with Crippen molar-refractivity contribution in [3.8, 4) is 0 Å². The van der Waals surface area contributed by atoms with Crippen molar-refractivity contribution in [1.82, 2.24) is 10.2 Å². The smallest absolute Gasteiger partial charge is 0.408 e. The van der Waals surface area contributed by atoms with E-state index in [-0.39, 0.29) is 24.8 Å². The number of hydrogen-bond donors (Lipinski definition) is 1. The van der Waals surface area contributed by atoms with Gasteiger partial charge in [-0.3, -0.25) is 4.79 Å². The molecule has 1 heterocycles. The second-order valence-corrected chi connectivity index (χ2v) is 7.10. The number of methoxy groups -OCH3 is 2. The molecule has 0 radical (unpaired) electrons. The molecule has 2 atom stereocenters. The van der Waals surface area contributed by atoms with Crippen LogP contribution in [0.15, 0.2) is 0 Å². The van der Waals surface area contributed by atoms with Crippen LogP contribution in [-0.4, -0.2) is 67.9 Å². The number of rotatable bonds is 7. The van der Waals surface area contributed by atoms with Crippen LogP contribution in [0.25, 0.3) is 0 Å². The minimum atomic E-state index is -0.924. The molecule has 0 aromatic rings. The molecule has 0 aromatic heterocycles. The predicted octanol–water partition coefficient (Wildman–Crippen LogP) is 1.47. The number of alkyl carbamates (subject to hydrolysis) is 1. The molecule has 25 heavy (non-hydrogen) atoms. The summed E-state index contributed by atoms with van der Waals surface area (Å²) >= 11 is 0.